The number of alkyl halides is 2. The van der Waals surface area contributed by atoms with E-state index in [4.69, 9.17) is 20.2 Å². The molecule has 1 unspecified atom stereocenters. The average molecular weight is 408 g/mol. The second-order valence-corrected chi connectivity index (χ2v) is 7.32. The zero-order chi connectivity index (χ0) is 20.4. The van der Waals surface area contributed by atoms with Crippen molar-refractivity contribution < 1.29 is 18.3 Å². The molecule has 3 aliphatic heterocycles. The molecule has 2 fully saturated rings. The highest BCUT2D eigenvalue weighted by molar-refractivity contribution is 6.10. The molecule has 2 saturated heterocycles. The van der Waals surface area contributed by atoms with E-state index >= 15 is 0 Å². The van der Waals surface area contributed by atoms with Crippen molar-refractivity contribution in [3.05, 3.63) is 35.3 Å². The number of nitrogen functional groups attached to an aromatic ring is 1. The summed E-state index contributed by atoms with van der Waals surface area (Å²) in [6.07, 6.45) is 0.160. The fourth-order valence-electron chi connectivity index (χ4n) is 3.78. The van der Waals surface area contributed by atoms with E-state index in [0.717, 1.165) is 5.82 Å². The summed E-state index contributed by atoms with van der Waals surface area (Å²) in [5, 5.41) is 3.46. The van der Waals surface area contributed by atoms with Crippen LogP contribution in [0.15, 0.2) is 29.2 Å². The molecule has 3 N–H and O–H groups in total. The molecule has 0 bridgehead atoms. The maximum Gasteiger partial charge on any atom is 0.264 e. The lowest BCUT2D eigenvalue weighted by Crippen LogP contribution is -2.55. The standard InChI is InChI=1S/C19H26F2N6O2/c1-12-11-29-7-4-27(12)17-9-15(14-10-23-16(22)8-13(14)18(20)21)24-19(25-17)26-2-5-28-6-3-26/h8-10,12,18-19,25H,2-7,11H2,1H3,(H2,22,23)/t12-,19?/m0/s1. The van der Waals surface area contributed by atoms with Gasteiger partial charge in [0.25, 0.3) is 6.43 Å². The van der Waals surface area contributed by atoms with Crippen LogP contribution >= 0.6 is 0 Å². The van der Waals surface area contributed by atoms with Gasteiger partial charge in [-0.05, 0) is 13.0 Å². The number of rotatable bonds is 4. The largest absolute Gasteiger partial charge is 0.384 e. The molecule has 10 heteroatoms. The third kappa shape index (κ3) is 4.34. The number of ether oxygens (including phenoxy) is 2. The SMILES string of the molecule is C[C@H]1COCCN1C1=CC(c2cnc(N)cc2C(F)F)=NC(N2CCOCC2)N1. The topological polar surface area (TPSA) is 88.2 Å². The lowest BCUT2D eigenvalue weighted by Gasteiger charge is -2.42. The Hall–Kier alpha value is -2.30. The molecule has 4 rings (SSSR count). The van der Waals surface area contributed by atoms with Gasteiger partial charge in [-0.2, -0.15) is 0 Å². The molecule has 0 aromatic carbocycles. The number of hydrogen-bond acceptors (Lipinski definition) is 8. The maximum absolute atomic E-state index is 13.7. The fraction of sp³-hybridized carbons (Fsp3) is 0.579. The molecule has 158 valence electrons. The number of nitrogens with two attached hydrogens (primary N) is 1. The van der Waals surface area contributed by atoms with Gasteiger partial charge < -0.3 is 25.4 Å². The number of morpholine rings is 2. The fourth-order valence-corrected chi connectivity index (χ4v) is 3.78. The first-order valence-corrected chi connectivity index (χ1v) is 9.79. The summed E-state index contributed by atoms with van der Waals surface area (Å²) in [4.78, 5) is 13.1. The van der Waals surface area contributed by atoms with Crippen LogP contribution in [0.1, 0.15) is 24.5 Å². The highest BCUT2D eigenvalue weighted by Crippen LogP contribution is 2.27. The minimum atomic E-state index is -2.67. The van der Waals surface area contributed by atoms with E-state index in [9.17, 15) is 8.78 Å². The summed E-state index contributed by atoms with van der Waals surface area (Å²) >= 11 is 0. The van der Waals surface area contributed by atoms with Crippen LogP contribution in [-0.2, 0) is 9.47 Å². The number of anilines is 1. The Labute approximate surface area is 168 Å². The van der Waals surface area contributed by atoms with Gasteiger partial charge in [-0.25, -0.2) is 18.8 Å². The van der Waals surface area contributed by atoms with Gasteiger partial charge in [0.05, 0.1) is 38.2 Å². The second kappa shape index (κ2) is 8.60. The summed E-state index contributed by atoms with van der Waals surface area (Å²) < 4.78 is 38.4. The van der Waals surface area contributed by atoms with Gasteiger partial charge in [0.2, 0.25) is 0 Å². The van der Waals surface area contributed by atoms with E-state index in [2.05, 4.69) is 27.0 Å². The van der Waals surface area contributed by atoms with Crippen LogP contribution in [0.2, 0.25) is 0 Å². The molecule has 0 saturated carbocycles. The van der Waals surface area contributed by atoms with Gasteiger partial charge in [0, 0.05) is 43.0 Å². The predicted molar refractivity (Wildman–Crippen MR) is 105 cm³/mol. The van der Waals surface area contributed by atoms with Crippen LogP contribution in [-0.4, -0.2) is 78.9 Å². The highest BCUT2D eigenvalue weighted by Gasteiger charge is 2.30. The van der Waals surface area contributed by atoms with Crippen LogP contribution < -0.4 is 11.1 Å². The normalized spacial score (nSPS) is 26.1. The Balaban J connectivity index is 1.73. The smallest absolute Gasteiger partial charge is 0.264 e. The molecule has 29 heavy (non-hydrogen) atoms. The quantitative estimate of drug-likeness (QED) is 0.773. The molecule has 2 atom stereocenters. The predicted octanol–water partition coefficient (Wildman–Crippen LogP) is 1.17. The van der Waals surface area contributed by atoms with E-state index in [1.165, 1.54) is 12.3 Å². The van der Waals surface area contributed by atoms with Crippen molar-refractivity contribution in [2.75, 3.05) is 51.8 Å². The van der Waals surface area contributed by atoms with E-state index in [1.807, 2.05) is 6.08 Å². The van der Waals surface area contributed by atoms with E-state index in [0.29, 0.717) is 57.3 Å². The van der Waals surface area contributed by atoms with Gasteiger partial charge in [0.1, 0.15) is 11.6 Å². The summed E-state index contributed by atoms with van der Waals surface area (Å²) in [5.74, 6) is 0.911. The Kier molecular flexibility index (Phi) is 5.93. The van der Waals surface area contributed by atoms with Gasteiger partial charge in [-0.1, -0.05) is 0 Å². The first-order valence-electron chi connectivity index (χ1n) is 9.79. The Morgan fingerprint density at radius 1 is 1.21 bits per heavy atom. The van der Waals surface area contributed by atoms with Crippen LogP contribution in [0.25, 0.3) is 0 Å². The molecule has 0 spiro atoms. The van der Waals surface area contributed by atoms with E-state index in [1.54, 1.807) is 0 Å². The first kappa shape index (κ1) is 20.0. The van der Waals surface area contributed by atoms with Gasteiger partial charge >= 0.3 is 0 Å². The van der Waals surface area contributed by atoms with Crippen LogP contribution in [0, 0.1) is 0 Å². The molecular formula is C19H26F2N6O2. The number of hydrogen-bond donors (Lipinski definition) is 2. The molecule has 0 amide bonds. The van der Waals surface area contributed by atoms with Gasteiger partial charge in [-0.15, -0.1) is 0 Å². The number of pyridine rings is 1. The van der Waals surface area contributed by atoms with Crippen molar-refractivity contribution in [1.82, 2.24) is 20.1 Å². The van der Waals surface area contributed by atoms with Crippen molar-refractivity contribution in [2.45, 2.75) is 25.7 Å². The lowest BCUT2D eigenvalue weighted by atomic mass is 10.0. The second-order valence-electron chi connectivity index (χ2n) is 7.32. The minimum absolute atomic E-state index is 0.0642. The Morgan fingerprint density at radius 3 is 2.69 bits per heavy atom. The van der Waals surface area contributed by atoms with Crippen LogP contribution in [0.3, 0.4) is 0 Å². The first-order chi connectivity index (χ1) is 14.0. The number of nitrogens with one attached hydrogen (secondary N) is 1. The van der Waals surface area contributed by atoms with Gasteiger partial charge in [-0.3, -0.25) is 4.90 Å². The lowest BCUT2D eigenvalue weighted by molar-refractivity contribution is -0.00398. The number of aliphatic imine (C=N–C) groups is 1. The van der Waals surface area contributed by atoms with Gasteiger partial charge in [0.15, 0.2) is 6.29 Å². The van der Waals surface area contributed by atoms with E-state index < -0.39 is 6.43 Å². The summed E-state index contributed by atoms with van der Waals surface area (Å²) in [5.41, 5.74) is 6.25. The third-order valence-corrected chi connectivity index (χ3v) is 5.35. The molecule has 0 radical (unpaired) electrons. The van der Waals surface area contributed by atoms with Crippen molar-refractivity contribution >= 4 is 11.5 Å². The van der Waals surface area contributed by atoms with Crippen LogP contribution in [0.5, 0.6) is 0 Å². The molecule has 1 aromatic rings. The summed E-state index contributed by atoms with van der Waals surface area (Å²) in [7, 11) is 0. The van der Waals surface area contributed by atoms with E-state index in [-0.39, 0.29) is 23.7 Å². The third-order valence-electron chi connectivity index (χ3n) is 5.35. The van der Waals surface area contributed by atoms with Crippen molar-refractivity contribution in [1.29, 1.82) is 0 Å². The number of halogens is 2. The molecule has 3 aliphatic rings. The van der Waals surface area contributed by atoms with Crippen molar-refractivity contribution in [3.8, 4) is 0 Å². The number of aromatic nitrogens is 1. The molecule has 0 aliphatic carbocycles. The zero-order valence-corrected chi connectivity index (χ0v) is 16.4. The highest BCUT2D eigenvalue weighted by atomic mass is 19.3. The molecule has 4 heterocycles. The molecule has 1 aromatic heterocycles. The van der Waals surface area contributed by atoms with Crippen LogP contribution in [0.4, 0.5) is 14.6 Å². The van der Waals surface area contributed by atoms with Crippen molar-refractivity contribution in [2.24, 2.45) is 4.99 Å². The summed E-state index contributed by atoms with van der Waals surface area (Å²) in [6, 6.07) is 1.38. The average Bonchev–Trinajstić information content (AvgIpc) is 2.74. The zero-order valence-electron chi connectivity index (χ0n) is 16.4. The Bertz CT molecular complexity index is 797. The maximum atomic E-state index is 13.7. The number of allylic oxidation sites excluding steroid dienone is 1. The van der Waals surface area contributed by atoms with Crippen molar-refractivity contribution in [3.63, 3.8) is 0 Å². The molecule has 8 nitrogen and oxygen atoms in total. The Morgan fingerprint density at radius 2 is 1.97 bits per heavy atom. The monoisotopic (exact) mass is 408 g/mol. The summed E-state index contributed by atoms with van der Waals surface area (Å²) in [6.45, 7) is 6.66. The number of nitrogens with zero attached hydrogens (tertiary/aromatic N) is 4. The molecular weight excluding hydrogens is 382 g/mol. The minimum Gasteiger partial charge on any atom is -0.384 e.